The minimum Gasteiger partial charge on any atom is -0.349 e. The number of aromatic nitrogens is 2. The average Bonchev–Trinajstić information content (AvgIpc) is 2.53. The smallest absolute Gasteiger partial charge is 0.349 e. The Bertz CT molecular complexity index is 671. The second-order valence-electron chi connectivity index (χ2n) is 4.77. The molecule has 0 saturated carbocycles. The zero-order valence-electron chi connectivity index (χ0n) is 12.3. The van der Waals surface area contributed by atoms with E-state index in [0.29, 0.717) is 17.0 Å². The maximum absolute atomic E-state index is 12.5. The first-order valence-electron chi connectivity index (χ1n) is 6.80. The van der Waals surface area contributed by atoms with Gasteiger partial charge in [-0.25, -0.2) is 0 Å². The Balaban J connectivity index is 2.11. The molecule has 0 aliphatic heterocycles. The normalized spacial score (nSPS) is 11.3. The molecule has 1 amide bonds. The van der Waals surface area contributed by atoms with Gasteiger partial charge in [0.05, 0.1) is 30.0 Å². The van der Waals surface area contributed by atoms with Crippen molar-refractivity contribution in [3.8, 4) is 11.3 Å². The number of nitrogens with zero attached hydrogens (tertiary/aromatic N) is 2. The van der Waals surface area contributed by atoms with E-state index in [1.54, 1.807) is 19.2 Å². The number of hydrogen-bond donors (Lipinski definition) is 2. The van der Waals surface area contributed by atoms with Crippen LogP contribution in [0.2, 0.25) is 0 Å². The molecular weight excluding hydrogens is 309 g/mol. The molecule has 5 nitrogen and oxygen atoms in total. The van der Waals surface area contributed by atoms with Crippen molar-refractivity contribution in [2.24, 2.45) is 0 Å². The van der Waals surface area contributed by atoms with Gasteiger partial charge in [0, 0.05) is 18.0 Å². The molecule has 0 aromatic carbocycles. The number of carbonyl (C=O) groups excluding carboxylic acids is 1. The zero-order chi connectivity index (χ0) is 16.9. The van der Waals surface area contributed by atoms with Gasteiger partial charge in [0.2, 0.25) is 5.91 Å². The van der Waals surface area contributed by atoms with Gasteiger partial charge in [0.15, 0.2) is 0 Å². The van der Waals surface area contributed by atoms with E-state index >= 15 is 0 Å². The van der Waals surface area contributed by atoms with E-state index in [4.69, 9.17) is 0 Å². The Morgan fingerprint density at radius 1 is 1.22 bits per heavy atom. The van der Waals surface area contributed by atoms with Crippen molar-refractivity contribution in [1.29, 1.82) is 0 Å². The molecule has 8 heteroatoms. The number of nitrogens with one attached hydrogen (secondary N) is 2. The molecule has 2 heterocycles. The average molecular weight is 324 g/mol. The maximum Gasteiger partial charge on any atom is 0.417 e. The van der Waals surface area contributed by atoms with Crippen LogP contribution in [-0.4, -0.2) is 29.5 Å². The lowest BCUT2D eigenvalue weighted by Gasteiger charge is -2.08. The largest absolute Gasteiger partial charge is 0.417 e. The van der Waals surface area contributed by atoms with Crippen LogP contribution in [0.15, 0.2) is 36.7 Å². The van der Waals surface area contributed by atoms with Gasteiger partial charge in [0.1, 0.15) is 0 Å². The van der Waals surface area contributed by atoms with E-state index in [9.17, 15) is 18.0 Å². The summed E-state index contributed by atoms with van der Waals surface area (Å²) in [4.78, 5) is 19.3. The van der Waals surface area contributed by atoms with E-state index in [-0.39, 0.29) is 19.0 Å². The lowest BCUT2D eigenvalue weighted by Crippen LogP contribution is -2.31. The molecule has 0 aliphatic rings. The molecular formula is C15H15F3N4O. The van der Waals surface area contributed by atoms with Crippen LogP contribution in [-0.2, 0) is 17.5 Å². The van der Waals surface area contributed by atoms with E-state index in [0.717, 1.165) is 12.3 Å². The Morgan fingerprint density at radius 3 is 2.61 bits per heavy atom. The summed E-state index contributed by atoms with van der Waals surface area (Å²) in [5, 5.41) is 5.40. The molecule has 2 aromatic rings. The fourth-order valence-electron chi connectivity index (χ4n) is 1.88. The van der Waals surface area contributed by atoms with E-state index in [1.807, 2.05) is 0 Å². The first-order valence-corrected chi connectivity index (χ1v) is 6.80. The van der Waals surface area contributed by atoms with Gasteiger partial charge in [-0.1, -0.05) is 0 Å². The van der Waals surface area contributed by atoms with E-state index in [2.05, 4.69) is 20.6 Å². The summed E-state index contributed by atoms with van der Waals surface area (Å²) in [6, 6.07) is 5.61. The Morgan fingerprint density at radius 2 is 2.00 bits per heavy atom. The van der Waals surface area contributed by atoms with Gasteiger partial charge in [-0.3, -0.25) is 14.8 Å². The number of hydrogen-bond acceptors (Lipinski definition) is 4. The summed E-state index contributed by atoms with van der Waals surface area (Å²) in [5.74, 6) is -0.174. The van der Waals surface area contributed by atoms with Crippen molar-refractivity contribution in [1.82, 2.24) is 20.6 Å². The van der Waals surface area contributed by atoms with Gasteiger partial charge in [-0.05, 0) is 31.3 Å². The molecule has 2 aromatic heterocycles. The van der Waals surface area contributed by atoms with Crippen molar-refractivity contribution in [2.45, 2.75) is 12.7 Å². The highest BCUT2D eigenvalue weighted by Gasteiger charge is 2.30. The topological polar surface area (TPSA) is 66.9 Å². The molecule has 0 fully saturated rings. The third kappa shape index (κ3) is 4.75. The summed E-state index contributed by atoms with van der Waals surface area (Å²) in [7, 11) is 1.66. The summed E-state index contributed by atoms with van der Waals surface area (Å²) in [5.41, 5.74) is 0.832. The van der Waals surface area contributed by atoms with Crippen LogP contribution < -0.4 is 10.6 Å². The minimum absolute atomic E-state index is 0.174. The number of likely N-dealkylation sites (N-methyl/N-ethyl adjacent to an activating group) is 1. The minimum atomic E-state index is -4.41. The SMILES string of the molecule is CNCC(=O)NCc1cc(-c2ccc(C(F)(F)F)cn2)ccn1. The fraction of sp³-hybridized carbons (Fsp3) is 0.267. The Hall–Kier alpha value is -2.48. The van der Waals surface area contributed by atoms with Gasteiger partial charge >= 0.3 is 6.18 Å². The maximum atomic E-state index is 12.5. The first kappa shape index (κ1) is 16.9. The highest BCUT2D eigenvalue weighted by molar-refractivity contribution is 5.77. The highest BCUT2D eigenvalue weighted by atomic mass is 19.4. The molecule has 0 spiro atoms. The van der Waals surface area contributed by atoms with Gasteiger partial charge in [0.25, 0.3) is 0 Å². The molecule has 0 aliphatic carbocycles. The lowest BCUT2D eigenvalue weighted by molar-refractivity contribution is -0.137. The van der Waals surface area contributed by atoms with Crippen LogP contribution in [0.25, 0.3) is 11.3 Å². The van der Waals surface area contributed by atoms with Gasteiger partial charge in [-0.2, -0.15) is 13.2 Å². The molecule has 2 rings (SSSR count). The quantitative estimate of drug-likeness (QED) is 0.883. The van der Waals surface area contributed by atoms with Crippen LogP contribution in [0.4, 0.5) is 13.2 Å². The standard InChI is InChI=1S/C15H15F3N4O/c1-19-9-14(23)22-8-12-6-10(4-5-20-12)13-3-2-11(7-21-13)15(16,17)18/h2-7,19H,8-9H2,1H3,(H,22,23). The number of halogens is 3. The third-order valence-corrected chi connectivity index (χ3v) is 3.01. The van der Waals surface area contributed by atoms with Crippen LogP contribution in [0.3, 0.4) is 0 Å². The molecule has 0 saturated heterocycles. The summed E-state index contributed by atoms with van der Waals surface area (Å²) < 4.78 is 37.6. The summed E-state index contributed by atoms with van der Waals surface area (Å²) in [6.07, 6.45) is -2.09. The van der Waals surface area contributed by atoms with Crippen molar-refractivity contribution >= 4 is 5.91 Å². The molecule has 0 bridgehead atoms. The van der Waals surface area contributed by atoms with Crippen LogP contribution in [0.1, 0.15) is 11.3 Å². The highest BCUT2D eigenvalue weighted by Crippen LogP contribution is 2.29. The van der Waals surface area contributed by atoms with Crippen LogP contribution in [0.5, 0.6) is 0 Å². The van der Waals surface area contributed by atoms with E-state index in [1.165, 1.54) is 12.3 Å². The number of pyridine rings is 2. The number of alkyl halides is 3. The predicted molar refractivity (Wildman–Crippen MR) is 78.2 cm³/mol. The summed E-state index contributed by atoms with van der Waals surface area (Å²) >= 11 is 0. The first-order chi connectivity index (χ1) is 10.9. The van der Waals surface area contributed by atoms with Crippen molar-refractivity contribution < 1.29 is 18.0 Å². The number of amides is 1. The number of rotatable bonds is 5. The second kappa shape index (κ2) is 7.19. The van der Waals surface area contributed by atoms with Gasteiger partial charge < -0.3 is 10.6 Å². The lowest BCUT2D eigenvalue weighted by atomic mass is 10.1. The van der Waals surface area contributed by atoms with Crippen molar-refractivity contribution in [2.75, 3.05) is 13.6 Å². The Kier molecular flexibility index (Phi) is 5.28. The third-order valence-electron chi connectivity index (χ3n) is 3.01. The summed E-state index contributed by atoms with van der Waals surface area (Å²) in [6.45, 7) is 0.426. The predicted octanol–water partition coefficient (Wildman–Crippen LogP) is 2.00. The van der Waals surface area contributed by atoms with E-state index < -0.39 is 11.7 Å². The zero-order valence-corrected chi connectivity index (χ0v) is 12.3. The molecule has 2 N–H and O–H groups in total. The van der Waals surface area contributed by atoms with Crippen LogP contribution in [0, 0.1) is 0 Å². The second-order valence-corrected chi connectivity index (χ2v) is 4.77. The molecule has 0 unspecified atom stereocenters. The molecule has 0 atom stereocenters. The molecule has 0 radical (unpaired) electrons. The fourth-order valence-corrected chi connectivity index (χ4v) is 1.88. The van der Waals surface area contributed by atoms with Crippen LogP contribution >= 0.6 is 0 Å². The molecule has 23 heavy (non-hydrogen) atoms. The van der Waals surface area contributed by atoms with Crippen molar-refractivity contribution in [3.05, 3.63) is 47.9 Å². The monoisotopic (exact) mass is 324 g/mol. The van der Waals surface area contributed by atoms with Crippen molar-refractivity contribution in [3.63, 3.8) is 0 Å². The Labute approximate surface area is 131 Å². The van der Waals surface area contributed by atoms with Gasteiger partial charge in [-0.15, -0.1) is 0 Å². The number of carbonyl (C=O) groups is 1. The molecule has 122 valence electrons.